The first-order valence-corrected chi connectivity index (χ1v) is 6.43. The Labute approximate surface area is 106 Å². The molecule has 1 aliphatic carbocycles. The minimum absolute atomic E-state index is 0.103. The molecule has 0 aliphatic heterocycles. The zero-order valence-corrected chi connectivity index (χ0v) is 10.5. The second-order valence-electron chi connectivity index (χ2n) is 4.79. The van der Waals surface area contributed by atoms with E-state index >= 15 is 0 Å². The number of hydrogen-bond donors (Lipinski definition) is 0. The molecule has 1 heterocycles. The molecule has 3 heteroatoms. The van der Waals surface area contributed by atoms with Gasteiger partial charge in [-0.15, -0.1) is 0 Å². The Kier molecular flexibility index (Phi) is 2.74. The number of allylic oxidation sites excluding steroid dienone is 2. The van der Waals surface area contributed by atoms with Gasteiger partial charge >= 0.3 is 0 Å². The van der Waals surface area contributed by atoms with Crippen molar-refractivity contribution < 1.29 is 4.79 Å². The summed E-state index contributed by atoms with van der Waals surface area (Å²) >= 11 is 0. The molecular weight excluding hydrogens is 224 g/mol. The molecule has 0 bridgehead atoms. The van der Waals surface area contributed by atoms with Crippen LogP contribution in [0.5, 0.6) is 0 Å². The fourth-order valence-corrected chi connectivity index (χ4v) is 2.58. The van der Waals surface area contributed by atoms with Crippen LogP contribution in [-0.2, 0) is 7.05 Å². The summed E-state index contributed by atoms with van der Waals surface area (Å²) in [5.41, 5.74) is 2.55. The fraction of sp³-hybridized carbons (Fsp3) is 0.333. The van der Waals surface area contributed by atoms with Gasteiger partial charge in [-0.3, -0.25) is 9.48 Å². The van der Waals surface area contributed by atoms with Crippen LogP contribution in [0.4, 0.5) is 0 Å². The molecule has 0 saturated carbocycles. The van der Waals surface area contributed by atoms with Crippen LogP contribution in [0.3, 0.4) is 0 Å². The topological polar surface area (TPSA) is 34.9 Å². The van der Waals surface area contributed by atoms with Crippen molar-refractivity contribution in [2.75, 3.05) is 0 Å². The van der Waals surface area contributed by atoms with Crippen molar-refractivity contribution in [1.29, 1.82) is 0 Å². The minimum atomic E-state index is 0.103. The maximum absolute atomic E-state index is 12.5. The predicted octanol–water partition coefficient (Wildman–Crippen LogP) is 3.26. The molecule has 3 rings (SSSR count). The van der Waals surface area contributed by atoms with Crippen molar-refractivity contribution in [3.05, 3.63) is 41.6 Å². The largest absolute Gasteiger partial charge is 0.287 e. The van der Waals surface area contributed by atoms with E-state index in [1.54, 1.807) is 4.68 Å². The third kappa shape index (κ3) is 1.76. The van der Waals surface area contributed by atoms with Gasteiger partial charge in [0.2, 0.25) is 5.78 Å². The highest BCUT2D eigenvalue weighted by Crippen LogP contribution is 2.25. The SMILES string of the molecule is Cn1nc(C(=O)C2=CCCCC2)c2ccccc21. The molecule has 2 aromatic rings. The Hall–Kier alpha value is -1.90. The van der Waals surface area contributed by atoms with Crippen molar-refractivity contribution in [1.82, 2.24) is 9.78 Å². The summed E-state index contributed by atoms with van der Waals surface area (Å²) < 4.78 is 1.78. The van der Waals surface area contributed by atoms with E-state index in [4.69, 9.17) is 0 Å². The van der Waals surface area contributed by atoms with E-state index in [0.29, 0.717) is 5.69 Å². The number of aryl methyl sites for hydroxylation is 1. The van der Waals surface area contributed by atoms with Crippen molar-refractivity contribution >= 4 is 16.7 Å². The smallest absolute Gasteiger partial charge is 0.209 e. The fourth-order valence-electron chi connectivity index (χ4n) is 2.58. The first-order valence-electron chi connectivity index (χ1n) is 6.43. The van der Waals surface area contributed by atoms with Crippen LogP contribution in [0.25, 0.3) is 10.9 Å². The van der Waals surface area contributed by atoms with Crippen molar-refractivity contribution in [3.8, 4) is 0 Å². The zero-order valence-electron chi connectivity index (χ0n) is 10.5. The maximum atomic E-state index is 12.5. The van der Waals surface area contributed by atoms with E-state index in [1.807, 2.05) is 31.3 Å². The van der Waals surface area contributed by atoms with Gasteiger partial charge < -0.3 is 0 Å². The third-order valence-corrected chi connectivity index (χ3v) is 3.56. The predicted molar refractivity (Wildman–Crippen MR) is 71.6 cm³/mol. The average Bonchev–Trinajstić information content (AvgIpc) is 2.77. The highest BCUT2D eigenvalue weighted by molar-refractivity contribution is 6.14. The number of ketones is 1. The van der Waals surface area contributed by atoms with Crippen molar-refractivity contribution in [2.45, 2.75) is 25.7 Å². The van der Waals surface area contributed by atoms with Gasteiger partial charge in [-0.05, 0) is 37.3 Å². The second-order valence-corrected chi connectivity index (χ2v) is 4.79. The Balaban J connectivity index is 2.09. The maximum Gasteiger partial charge on any atom is 0.209 e. The van der Waals surface area contributed by atoms with Crippen LogP contribution in [0.2, 0.25) is 0 Å². The summed E-state index contributed by atoms with van der Waals surface area (Å²) in [6.45, 7) is 0. The van der Waals surface area contributed by atoms with Gasteiger partial charge in [0.1, 0.15) is 5.69 Å². The number of rotatable bonds is 2. The van der Waals surface area contributed by atoms with Crippen molar-refractivity contribution in [2.24, 2.45) is 7.05 Å². The quantitative estimate of drug-likeness (QED) is 0.755. The summed E-state index contributed by atoms with van der Waals surface area (Å²) in [5.74, 6) is 0.103. The summed E-state index contributed by atoms with van der Waals surface area (Å²) in [6, 6.07) is 7.89. The molecule has 0 N–H and O–H groups in total. The summed E-state index contributed by atoms with van der Waals surface area (Å²) in [5, 5.41) is 5.35. The lowest BCUT2D eigenvalue weighted by Crippen LogP contribution is -2.08. The zero-order chi connectivity index (χ0) is 12.5. The van der Waals surface area contributed by atoms with Gasteiger partial charge in [-0.2, -0.15) is 5.10 Å². The van der Waals surface area contributed by atoms with E-state index in [-0.39, 0.29) is 5.78 Å². The lowest BCUT2D eigenvalue weighted by Gasteiger charge is -2.10. The van der Waals surface area contributed by atoms with E-state index in [0.717, 1.165) is 35.7 Å². The lowest BCUT2D eigenvalue weighted by molar-refractivity contribution is 0.102. The first kappa shape index (κ1) is 11.2. The third-order valence-electron chi connectivity index (χ3n) is 3.56. The van der Waals surface area contributed by atoms with Gasteiger partial charge in [0.15, 0.2) is 0 Å². The molecule has 18 heavy (non-hydrogen) atoms. The van der Waals surface area contributed by atoms with Gasteiger partial charge in [-0.1, -0.05) is 24.3 Å². The Morgan fingerprint density at radius 1 is 1.28 bits per heavy atom. The molecule has 92 valence electrons. The van der Waals surface area contributed by atoms with Gasteiger partial charge in [-0.25, -0.2) is 0 Å². The molecule has 0 fully saturated rings. The van der Waals surface area contributed by atoms with Crippen LogP contribution in [0.15, 0.2) is 35.9 Å². The Morgan fingerprint density at radius 2 is 2.11 bits per heavy atom. The van der Waals surface area contributed by atoms with Crippen LogP contribution in [0.1, 0.15) is 36.2 Å². The highest BCUT2D eigenvalue weighted by Gasteiger charge is 2.20. The second kappa shape index (κ2) is 4.41. The Bertz CT molecular complexity index is 637. The molecule has 0 atom stereocenters. The summed E-state index contributed by atoms with van der Waals surface area (Å²) in [4.78, 5) is 12.5. The molecule has 0 amide bonds. The van der Waals surface area contributed by atoms with Crippen LogP contribution < -0.4 is 0 Å². The number of carbonyl (C=O) groups is 1. The summed E-state index contributed by atoms with van der Waals surface area (Å²) in [6.07, 6.45) is 6.30. The molecular formula is C15H16N2O. The number of carbonyl (C=O) groups excluding carboxylic acids is 1. The van der Waals surface area contributed by atoms with Gasteiger partial charge in [0, 0.05) is 12.4 Å². The Morgan fingerprint density at radius 3 is 2.89 bits per heavy atom. The summed E-state index contributed by atoms with van der Waals surface area (Å²) in [7, 11) is 1.88. The molecule has 0 unspecified atom stereocenters. The first-order chi connectivity index (χ1) is 8.77. The molecule has 1 aromatic carbocycles. The van der Waals surface area contributed by atoms with Crippen LogP contribution >= 0.6 is 0 Å². The number of aromatic nitrogens is 2. The molecule has 1 aromatic heterocycles. The number of Topliss-reactive ketones (excluding diaryl/α,β-unsaturated/α-hetero) is 1. The number of para-hydroxylation sites is 1. The highest BCUT2D eigenvalue weighted by atomic mass is 16.1. The molecule has 0 radical (unpaired) electrons. The molecule has 1 aliphatic rings. The molecule has 0 saturated heterocycles. The van der Waals surface area contributed by atoms with Crippen molar-refractivity contribution in [3.63, 3.8) is 0 Å². The molecule has 0 spiro atoms. The van der Waals surface area contributed by atoms with E-state index in [1.165, 1.54) is 6.42 Å². The lowest BCUT2D eigenvalue weighted by atomic mass is 9.94. The van der Waals surface area contributed by atoms with Crippen LogP contribution in [-0.4, -0.2) is 15.6 Å². The minimum Gasteiger partial charge on any atom is -0.287 e. The van der Waals surface area contributed by atoms with Gasteiger partial charge in [0.25, 0.3) is 0 Å². The van der Waals surface area contributed by atoms with E-state index < -0.39 is 0 Å². The average molecular weight is 240 g/mol. The van der Waals surface area contributed by atoms with Crippen LogP contribution in [0, 0.1) is 0 Å². The van der Waals surface area contributed by atoms with Gasteiger partial charge in [0.05, 0.1) is 5.52 Å². The normalized spacial score (nSPS) is 15.7. The number of fused-ring (bicyclic) bond motifs is 1. The molecule has 3 nitrogen and oxygen atoms in total. The van der Waals surface area contributed by atoms with E-state index in [2.05, 4.69) is 11.2 Å². The number of nitrogens with zero attached hydrogens (tertiary/aromatic N) is 2. The van der Waals surface area contributed by atoms with E-state index in [9.17, 15) is 4.79 Å². The number of benzene rings is 1. The monoisotopic (exact) mass is 240 g/mol. The standard InChI is InChI=1S/C15H16N2O/c1-17-13-10-6-5-9-12(13)14(16-17)15(18)11-7-3-2-4-8-11/h5-7,9-10H,2-4,8H2,1H3. The number of hydrogen-bond acceptors (Lipinski definition) is 2.